The van der Waals surface area contributed by atoms with Crippen LogP contribution in [0.15, 0.2) is 34.2 Å². The van der Waals surface area contributed by atoms with E-state index in [1.165, 1.54) is 11.8 Å². The highest BCUT2D eigenvalue weighted by atomic mass is 32.2. The van der Waals surface area contributed by atoms with Gasteiger partial charge >= 0.3 is 0 Å². The zero-order chi connectivity index (χ0) is 19.6. The Bertz CT molecular complexity index is 891. The van der Waals surface area contributed by atoms with Crippen molar-refractivity contribution in [2.75, 3.05) is 11.1 Å². The molecule has 1 aliphatic rings. The summed E-state index contributed by atoms with van der Waals surface area (Å²) in [5.41, 5.74) is 1.19. The molecule has 27 heavy (non-hydrogen) atoms. The number of amides is 1. The average Bonchev–Trinajstić information content (AvgIpc) is 2.63. The lowest BCUT2D eigenvalue weighted by atomic mass is 9.87. The van der Waals surface area contributed by atoms with Crippen LogP contribution in [0.5, 0.6) is 5.75 Å². The van der Waals surface area contributed by atoms with Crippen LogP contribution in [0.25, 0.3) is 0 Å². The Labute approximate surface area is 163 Å². The fourth-order valence-electron chi connectivity index (χ4n) is 3.19. The number of aromatic nitrogens is 2. The molecule has 1 N–H and O–H groups in total. The van der Waals surface area contributed by atoms with E-state index in [1.54, 1.807) is 0 Å². The van der Waals surface area contributed by atoms with Gasteiger partial charge in [-0.15, -0.1) is 0 Å². The molecule has 1 atom stereocenters. The molecule has 1 aromatic carbocycles. The number of nitrogens with one attached hydrogen (secondary N) is 1. The van der Waals surface area contributed by atoms with E-state index < -0.39 is 0 Å². The van der Waals surface area contributed by atoms with Crippen LogP contribution in [0.4, 0.5) is 5.82 Å². The van der Waals surface area contributed by atoms with Crippen LogP contribution in [-0.2, 0) is 11.8 Å². The third kappa shape index (κ3) is 4.18. The van der Waals surface area contributed by atoms with Gasteiger partial charge in [0.2, 0.25) is 5.91 Å². The molecule has 7 heteroatoms. The van der Waals surface area contributed by atoms with Gasteiger partial charge in [0, 0.05) is 25.1 Å². The van der Waals surface area contributed by atoms with Crippen LogP contribution in [-0.4, -0.2) is 27.3 Å². The van der Waals surface area contributed by atoms with Gasteiger partial charge in [-0.1, -0.05) is 30.8 Å². The number of anilines is 1. The molecular weight excluding hydrogens is 362 g/mol. The second-order valence-electron chi connectivity index (χ2n) is 6.91. The first kappa shape index (κ1) is 19.5. The number of nitrogens with zero attached hydrogens (tertiary/aromatic N) is 2. The summed E-state index contributed by atoms with van der Waals surface area (Å²) in [6.45, 7) is 6.02. The van der Waals surface area contributed by atoms with Crippen LogP contribution >= 0.6 is 11.8 Å². The number of benzene rings is 1. The van der Waals surface area contributed by atoms with Gasteiger partial charge in [-0.25, -0.2) is 0 Å². The number of hydrogen-bond donors (Lipinski definition) is 1. The summed E-state index contributed by atoms with van der Waals surface area (Å²) in [5.74, 6) is 1.79. The zero-order valence-electron chi connectivity index (χ0n) is 16.1. The third-order valence-electron chi connectivity index (χ3n) is 4.39. The minimum atomic E-state index is -0.307. The first-order valence-electron chi connectivity index (χ1n) is 9.20. The van der Waals surface area contributed by atoms with E-state index in [-0.39, 0.29) is 29.9 Å². The molecule has 0 bridgehead atoms. The molecule has 0 saturated carbocycles. The van der Waals surface area contributed by atoms with Crippen molar-refractivity contribution in [1.29, 1.82) is 0 Å². The number of hydrogen-bond acceptors (Lipinski definition) is 5. The number of carbonyl (C=O) groups excluding carboxylic acids is 1. The van der Waals surface area contributed by atoms with Gasteiger partial charge < -0.3 is 14.6 Å². The Balaban J connectivity index is 2.02. The largest absolute Gasteiger partial charge is 0.491 e. The highest BCUT2D eigenvalue weighted by molar-refractivity contribution is 7.99. The number of thioether (sulfide) groups is 1. The molecule has 1 amide bonds. The maximum atomic E-state index is 12.8. The summed E-state index contributed by atoms with van der Waals surface area (Å²) >= 11 is 1.52. The van der Waals surface area contributed by atoms with E-state index in [4.69, 9.17) is 4.74 Å². The number of rotatable bonds is 6. The smallest absolute Gasteiger partial charge is 0.279 e. The van der Waals surface area contributed by atoms with Crippen molar-refractivity contribution in [3.8, 4) is 5.75 Å². The first-order chi connectivity index (χ1) is 12.9. The Morgan fingerprint density at radius 2 is 2.00 bits per heavy atom. The summed E-state index contributed by atoms with van der Waals surface area (Å²) in [5, 5.41) is 3.50. The van der Waals surface area contributed by atoms with Crippen molar-refractivity contribution >= 4 is 23.5 Å². The fraction of sp³-hybridized carbons (Fsp3) is 0.450. The van der Waals surface area contributed by atoms with E-state index in [0.29, 0.717) is 16.5 Å². The van der Waals surface area contributed by atoms with Crippen LogP contribution in [0.1, 0.15) is 50.7 Å². The number of ether oxygens (including phenoxy) is 1. The summed E-state index contributed by atoms with van der Waals surface area (Å²) in [6.07, 6.45) is 1.31. The van der Waals surface area contributed by atoms with E-state index in [1.807, 2.05) is 49.7 Å². The maximum absolute atomic E-state index is 12.8. The van der Waals surface area contributed by atoms with Crippen molar-refractivity contribution in [3.05, 3.63) is 45.7 Å². The highest BCUT2D eigenvalue weighted by Gasteiger charge is 2.32. The molecule has 0 fully saturated rings. The van der Waals surface area contributed by atoms with Crippen molar-refractivity contribution in [2.24, 2.45) is 7.05 Å². The zero-order valence-corrected chi connectivity index (χ0v) is 16.9. The molecule has 1 aromatic heterocycles. The summed E-state index contributed by atoms with van der Waals surface area (Å²) in [7, 11) is 1.84. The van der Waals surface area contributed by atoms with Crippen LogP contribution in [0, 0.1) is 0 Å². The van der Waals surface area contributed by atoms with Gasteiger partial charge in [-0.2, -0.15) is 4.98 Å². The van der Waals surface area contributed by atoms with Gasteiger partial charge in [-0.3, -0.25) is 9.59 Å². The lowest BCUT2D eigenvalue weighted by Gasteiger charge is -2.27. The third-order valence-corrected chi connectivity index (χ3v) is 5.63. The van der Waals surface area contributed by atoms with E-state index in [2.05, 4.69) is 17.2 Å². The Morgan fingerprint density at radius 3 is 2.63 bits per heavy atom. The predicted octanol–water partition coefficient (Wildman–Crippen LogP) is 3.54. The number of fused-ring (bicyclic) bond motifs is 1. The van der Waals surface area contributed by atoms with E-state index in [0.717, 1.165) is 23.5 Å². The normalized spacial score (nSPS) is 16.2. The van der Waals surface area contributed by atoms with Crippen molar-refractivity contribution in [3.63, 3.8) is 0 Å². The predicted molar refractivity (Wildman–Crippen MR) is 108 cm³/mol. The topological polar surface area (TPSA) is 73.2 Å². The summed E-state index contributed by atoms with van der Waals surface area (Å²) in [4.78, 5) is 29.4. The van der Waals surface area contributed by atoms with Gasteiger partial charge in [0.05, 0.1) is 11.7 Å². The monoisotopic (exact) mass is 387 g/mol. The Hall–Kier alpha value is -2.28. The summed E-state index contributed by atoms with van der Waals surface area (Å²) < 4.78 is 7.50. The lowest BCUT2D eigenvalue weighted by molar-refractivity contribution is -0.116. The van der Waals surface area contributed by atoms with Crippen LogP contribution in [0.2, 0.25) is 0 Å². The molecule has 1 aliphatic heterocycles. The van der Waals surface area contributed by atoms with Gasteiger partial charge in [0.15, 0.2) is 5.16 Å². The summed E-state index contributed by atoms with van der Waals surface area (Å²) in [6, 6.07) is 7.60. The van der Waals surface area contributed by atoms with Gasteiger partial charge in [0.25, 0.3) is 5.56 Å². The first-order valence-corrected chi connectivity index (χ1v) is 10.2. The standard InChI is InChI=1S/C20H25N3O3S/c1-5-10-27-20-22-19(25)17-15(11-16(24)21-18(17)23(20)4)13-6-8-14(9-7-13)26-12(2)3/h6-9,12,15H,5,10-11H2,1-4H3,(H,21,24). The van der Waals surface area contributed by atoms with Crippen molar-refractivity contribution in [2.45, 2.75) is 50.8 Å². The number of carbonyl (C=O) groups is 1. The molecule has 0 saturated heterocycles. The van der Waals surface area contributed by atoms with Crippen molar-refractivity contribution in [1.82, 2.24) is 9.55 Å². The molecule has 0 spiro atoms. The second-order valence-corrected chi connectivity index (χ2v) is 7.97. The maximum Gasteiger partial charge on any atom is 0.279 e. The highest BCUT2D eigenvalue weighted by Crippen LogP contribution is 2.36. The van der Waals surface area contributed by atoms with E-state index in [9.17, 15) is 9.59 Å². The quantitative estimate of drug-likeness (QED) is 0.606. The molecule has 0 radical (unpaired) electrons. The van der Waals surface area contributed by atoms with Crippen molar-refractivity contribution < 1.29 is 9.53 Å². The van der Waals surface area contributed by atoms with Crippen LogP contribution in [0.3, 0.4) is 0 Å². The molecule has 0 aliphatic carbocycles. The molecule has 6 nitrogen and oxygen atoms in total. The molecule has 144 valence electrons. The molecular formula is C20H25N3O3S. The van der Waals surface area contributed by atoms with Gasteiger partial charge in [0.1, 0.15) is 11.6 Å². The minimum Gasteiger partial charge on any atom is -0.491 e. The molecule has 2 aromatic rings. The fourth-order valence-corrected chi connectivity index (χ4v) is 4.01. The average molecular weight is 388 g/mol. The van der Waals surface area contributed by atoms with Gasteiger partial charge in [-0.05, 0) is 38.0 Å². The second kappa shape index (κ2) is 8.17. The lowest BCUT2D eigenvalue weighted by Crippen LogP contribution is -2.33. The minimum absolute atomic E-state index is 0.0903. The Kier molecular flexibility index (Phi) is 5.89. The van der Waals surface area contributed by atoms with E-state index >= 15 is 0 Å². The molecule has 1 unspecified atom stereocenters. The Morgan fingerprint density at radius 1 is 1.30 bits per heavy atom. The molecule has 3 rings (SSSR count). The SMILES string of the molecule is CCCSc1nc(=O)c2c(n1C)NC(=O)CC2c1ccc(OC(C)C)cc1. The molecule has 2 heterocycles. The van der Waals surface area contributed by atoms with Crippen LogP contribution < -0.4 is 15.6 Å².